The summed E-state index contributed by atoms with van der Waals surface area (Å²) >= 11 is 33.4. The molecule has 0 fully saturated rings. The van der Waals surface area contributed by atoms with Crippen molar-refractivity contribution in [2.24, 2.45) is 0 Å². The third-order valence-corrected chi connectivity index (χ3v) is 8.81. The lowest BCUT2D eigenvalue weighted by Crippen LogP contribution is -2.11. The molecule has 4 aromatic rings. The molecule has 0 aliphatic rings. The van der Waals surface area contributed by atoms with E-state index in [2.05, 4.69) is 11.6 Å². The van der Waals surface area contributed by atoms with Crippen LogP contribution in [0, 0.1) is 20.2 Å². The topological polar surface area (TPSA) is 249 Å². The van der Waals surface area contributed by atoms with Gasteiger partial charge in [-0.3, -0.25) is 25.0 Å². The summed E-state index contributed by atoms with van der Waals surface area (Å²) in [5.74, 6) is -0.480. The zero-order valence-electron chi connectivity index (χ0n) is 29.9. The summed E-state index contributed by atoms with van der Waals surface area (Å²) in [7, 11) is 2.73. The number of carbonyl (C=O) groups excluding carboxylic acids is 2. The fourth-order valence-corrected chi connectivity index (χ4v) is 5.85. The minimum absolute atomic E-state index is 0.0242. The molecule has 0 aliphatic carbocycles. The van der Waals surface area contributed by atoms with Gasteiger partial charge in [0.1, 0.15) is 12.4 Å². The number of rotatable bonds is 13. The number of carbonyl (C=O) groups is 2. The van der Waals surface area contributed by atoms with Crippen LogP contribution in [0.3, 0.4) is 0 Å². The monoisotopic (exact) mass is 916 g/mol. The highest BCUT2D eigenvalue weighted by Gasteiger charge is 2.24. The van der Waals surface area contributed by atoms with Crippen LogP contribution in [0.5, 0.6) is 11.5 Å². The van der Waals surface area contributed by atoms with E-state index in [0.717, 1.165) is 12.1 Å². The van der Waals surface area contributed by atoms with E-state index in [1.165, 1.54) is 57.0 Å². The van der Waals surface area contributed by atoms with Gasteiger partial charge >= 0.3 is 5.97 Å². The molecule has 4 rings (SSSR count). The second kappa shape index (κ2) is 25.3. The standard InChI is InChI=1S/C17H15Cl2NO7.C9H11NO5.C8H5Cl3O2.CH3Cl/c1-26-15-5-10(14(20(24)25)4-9(15)6-21)8-27-17(23)16-11(7-22)12(18)2-3-13(16)19;11-3-6-1-8(5-13)9(10(14)15)2-7(6)4-12;1-13-7-5(10)3-2-4(9)6(7)8(11)12;1-2/h2-5,21-22H,6-8H2,1H3;1-2,11-13H,3-5H2;2-3H,1H3;1H3. The maximum atomic E-state index is 12.4. The van der Waals surface area contributed by atoms with Gasteiger partial charge in [0.05, 0.1) is 94.4 Å². The van der Waals surface area contributed by atoms with Crippen LogP contribution in [-0.2, 0) is 44.4 Å². The molecule has 0 aliphatic heterocycles. The predicted octanol–water partition coefficient (Wildman–Crippen LogP) is 7.56. The molecule has 0 aromatic heterocycles. The maximum absolute atomic E-state index is 12.4. The van der Waals surface area contributed by atoms with Gasteiger partial charge < -0.3 is 39.7 Å². The molecule has 0 unspecified atom stereocenters. The van der Waals surface area contributed by atoms with E-state index >= 15 is 0 Å². The molecule has 0 heterocycles. The van der Waals surface area contributed by atoms with Gasteiger partial charge in [-0.25, -0.2) is 4.79 Å². The number of halogens is 6. The van der Waals surface area contributed by atoms with Gasteiger partial charge in [-0.2, -0.15) is 0 Å². The van der Waals surface area contributed by atoms with Crippen molar-refractivity contribution in [3.63, 3.8) is 0 Å². The van der Waals surface area contributed by atoms with Crippen LogP contribution in [0.2, 0.25) is 20.1 Å². The van der Waals surface area contributed by atoms with Crippen molar-refractivity contribution in [3.8, 4) is 11.5 Å². The molecule has 0 radical (unpaired) electrons. The molecule has 5 N–H and O–H groups in total. The number of nitrogens with zero attached hydrogens (tertiary/aromatic N) is 2. The second-order valence-electron chi connectivity index (χ2n) is 10.5. The van der Waals surface area contributed by atoms with Crippen molar-refractivity contribution in [1.29, 1.82) is 0 Å². The first-order chi connectivity index (χ1) is 27.0. The number of benzene rings is 4. The van der Waals surface area contributed by atoms with Crippen LogP contribution in [0.15, 0.2) is 48.5 Å². The number of methoxy groups -OCH3 is 2. The molecular weight excluding hydrogens is 885 g/mol. The average molecular weight is 919 g/mol. The zero-order chi connectivity index (χ0) is 43.6. The minimum atomic E-state index is -0.897. The third-order valence-electron chi connectivity index (χ3n) is 7.34. The molecular formula is C35H34Cl6N2O14. The maximum Gasteiger partial charge on any atom is 0.340 e. The molecule has 0 saturated heterocycles. The van der Waals surface area contributed by atoms with E-state index in [1.807, 2.05) is 0 Å². The smallest absolute Gasteiger partial charge is 0.340 e. The highest BCUT2D eigenvalue weighted by molar-refractivity contribution is 6.69. The summed E-state index contributed by atoms with van der Waals surface area (Å²) in [5.41, 5.74) is 0.565. The first-order valence-electron chi connectivity index (χ1n) is 15.5. The summed E-state index contributed by atoms with van der Waals surface area (Å²) in [6.45, 7) is -2.64. The minimum Gasteiger partial charge on any atom is -0.496 e. The van der Waals surface area contributed by atoms with Crippen molar-refractivity contribution in [1.82, 2.24) is 0 Å². The van der Waals surface area contributed by atoms with Crippen LogP contribution < -0.4 is 9.47 Å². The predicted molar refractivity (Wildman–Crippen MR) is 213 cm³/mol. The van der Waals surface area contributed by atoms with E-state index in [0.29, 0.717) is 16.1 Å². The second-order valence-corrected chi connectivity index (χ2v) is 12.5. The first kappa shape index (κ1) is 51.0. The molecule has 0 atom stereocenters. The lowest BCUT2D eigenvalue weighted by Gasteiger charge is -2.13. The van der Waals surface area contributed by atoms with Crippen molar-refractivity contribution in [3.05, 3.63) is 133 Å². The molecule has 22 heteroatoms. The summed E-state index contributed by atoms with van der Waals surface area (Å²) in [5, 5.41) is 67.3. The normalized spacial score (nSPS) is 10.1. The SMILES string of the molecule is CCl.COc1c(Cl)ccc(Cl)c1C(=O)Cl.COc1cc(COC(=O)c2c(Cl)ccc(Cl)c2CO)c([N+](=O)[O-])cc1CO.O=[N+]([O-])c1cc(CO)c(CO)cc1CO. The summed E-state index contributed by atoms with van der Waals surface area (Å²) in [6, 6.07) is 10.8. The molecule has 0 amide bonds. The van der Waals surface area contributed by atoms with Crippen LogP contribution in [-0.4, -0.2) is 67.2 Å². The van der Waals surface area contributed by atoms with Gasteiger partial charge in [-0.1, -0.05) is 46.4 Å². The summed E-state index contributed by atoms with van der Waals surface area (Å²) in [6.07, 6.45) is 1.47. The molecule has 0 saturated carbocycles. The number of aliphatic hydroxyl groups excluding tert-OH is 5. The molecule has 310 valence electrons. The van der Waals surface area contributed by atoms with Crippen LogP contribution in [0.25, 0.3) is 0 Å². The Morgan fingerprint density at radius 2 is 1.07 bits per heavy atom. The number of hydrogen-bond acceptors (Lipinski definition) is 14. The lowest BCUT2D eigenvalue weighted by atomic mass is 10.0. The number of nitro groups is 2. The Morgan fingerprint density at radius 1 is 0.614 bits per heavy atom. The van der Waals surface area contributed by atoms with Gasteiger partial charge in [0, 0.05) is 34.7 Å². The molecule has 16 nitrogen and oxygen atoms in total. The van der Waals surface area contributed by atoms with E-state index < -0.39 is 47.5 Å². The third kappa shape index (κ3) is 13.8. The zero-order valence-corrected chi connectivity index (χ0v) is 34.5. The number of aliphatic hydroxyl groups is 5. The van der Waals surface area contributed by atoms with Gasteiger partial charge in [0.15, 0.2) is 5.75 Å². The van der Waals surface area contributed by atoms with Gasteiger partial charge in [-0.15, -0.1) is 11.6 Å². The Balaban J connectivity index is 0.000000457. The summed E-state index contributed by atoms with van der Waals surface area (Å²) < 4.78 is 15.1. The number of nitro benzene ring substituents is 2. The number of alkyl halides is 1. The first-order valence-corrected chi connectivity index (χ1v) is 18.1. The molecule has 57 heavy (non-hydrogen) atoms. The Hall–Kier alpha value is -4.04. The highest BCUT2D eigenvalue weighted by Crippen LogP contribution is 2.35. The van der Waals surface area contributed by atoms with Gasteiger partial charge in [0.25, 0.3) is 16.6 Å². The Kier molecular flexibility index (Phi) is 22.7. The highest BCUT2D eigenvalue weighted by atomic mass is 35.5. The number of esters is 1. The quantitative estimate of drug-likeness (QED) is 0.0286. The van der Waals surface area contributed by atoms with Gasteiger partial charge in [-0.05, 0) is 59.1 Å². The Morgan fingerprint density at radius 3 is 1.51 bits per heavy atom. The van der Waals surface area contributed by atoms with Crippen LogP contribution in [0.1, 0.15) is 54.1 Å². The van der Waals surface area contributed by atoms with Crippen LogP contribution in [0.4, 0.5) is 11.4 Å². The van der Waals surface area contributed by atoms with Crippen molar-refractivity contribution in [2.45, 2.75) is 39.6 Å². The average Bonchev–Trinajstić information content (AvgIpc) is 3.21. The fourth-order valence-electron chi connectivity index (χ4n) is 4.67. The van der Waals surface area contributed by atoms with Crippen LogP contribution >= 0.6 is 69.6 Å². The Labute approximate surface area is 354 Å². The molecule has 0 bridgehead atoms. The van der Waals surface area contributed by atoms with Crippen molar-refractivity contribution < 1.29 is 59.2 Å². The number of ether oxygens (including phenoxy) is 3. The summed E-state index contributed by atoms with van der Waals surface area (Å²) in [4.78, 5) is 43.9. The lowest BCUT2D eigenvalue weighted by molar-refractivity contribution is -0.386. The van der Waals surface area contributed by atoms with Crippen molar-refractivity contribution >= 4 is 92.2 Å². The van der Waals surface area contributed by atoms with E-state index in [1.54, 1.807) is 0 Å². The fraction of sp³-hybridized carbons (Fsp3) is 0.257. The van der Waals surface area contributed by atoms with E-state index in [-0.39, 0.29) is 84.5 Å². The molecule has 4 aromatic carbocycles. The van der Waals surface area contributed by atoms with Crippen molar-refractivity contribution in [2.75, 3.05) is 20.6 Å². The molecule has 0 spiro atoms. The van der Waals surface area contributed by atoms with E-state index in [9.17, 15) is 40.0 Å². The van der Waals surface area contributed by atoms with E-state index in [4.69, 9.17) is 87.5 Å². The number of hydrogen-bond donors (Lipinski definition) is 5. The Bertz CT molecular complexity index is 2050. The van der Waals surface area contributed by atoms with Gasteiger partial charge in [0.2, 0.25) is 0 Å². The largest absolute Gasteiger partial charge is 0.496 e.